The van der Waals surface area contributed by atoms with Gasteiger partial charge in [0.05, 0.1) is 0 Å². The van der Waals surface area contributed by atoms with Crippen LogP contribution in [0.4, 0.5) is 0 Å². The quantitative estimate of drug-likeness (QED) is 0.387. The zero-order valence-electron chi connectivity index (χ0n) is 8.36. The zero-order chi connectivity index (χ0) is 8.36. The van der Waals surface area contributed by atoms with Gasteiger partial charge in [-0.1, -0.05) is 58.3 Å². The maximum Gasteiger partial charge on any atom is 0.211 e. The summed E-state index contributed by atoms with van der Waals surface area (Å²) < 4.78 is 0. The van der Waals surface area contributed by atoms with E-state index in [4.69, 9.17) is 0 Å². The highest BCUT2D eigenvalue weighted by Crippen LogP contribution is 2.08. The van der Waals surface area contributed by atoms with E-state index in [-0.39, 0.29) is 0 Å². The van der Waals surface area contributed by atoms with E-state index in [2.05, 4.69) is 6.92 Å². The summed E-state index contributed by atoms with van der Waals surface area (Å²) >= 11 is 1.41. The Balaban J connectivity index is 2.69. The monoisotopic (exact) mass is 170 g/mol. The van der Waals surface area contributed by atoms with Crippen molar-refractivity contribution in [2.24, 2.45) is 0 Å². The Morgan fingerprint density at radius 1 is 0.727 bits per heavy atom. The van der Waals surface area contributed by atoms with E-state index in [1.807, 2.05) is 0 Å². The molecular formula is C10H23Al. The molecule has 0 aromatic carbocycles. The van der Waals surface area contributed by atoms with Gasteiger partial charge in [-0.25, -0.2) is 0 Å². The number of hydrogen-bond acceptors (Lipinski definition) is 0. The van der Waals surface area contributed by atoms with Gasteiger partial charge >= 0.3 is 0 Å². The summed E-state index contributed by atoms with van der Waals surface area (Å²) in [6, 6.07) is 0. The van der Waals surface area contributed by atoms with Crippen LogP contribution in [0.15, 0.2) is 0 Å². The molecule has 0 heterocycles. The molecule has 0 unspecified atom stereocenters. The van der Waals surface area contributed by atoms with Crippen molar-refractivity contribution >= 4 is 16.3 Å². The Labute approximate surface area is 80.2 Å². The topological polar surface area (TPSA) is 0 Å². The van der Waals surface area contributed by atoms with Gasteiger partial charge in [0, 0.05) is 0 Å². The summed E-state index contributed by atoms with van der Waals surface area (Å²) in [5.74, 6) is 0. The second-order valence-electron chi connectivity index (χ2n) is 3.47. The van der Waals surface area contributed by atoms with E-state index in [0.717, 1.165) is 0 Å². The van der Waals surface area contributed by atoms with Crippen molar-refractivity contribution in [1.82, 2.24) is 0 Å². The fraction of sp³-hybridized carbons (Fsp3) is 1.00. The third-order valence-electron chi connectivity index (χ3n) is 2.21. The summed E-state index contributed by atoms with van der Waals surface area (Å²) in [5, 5.41) is 1.51. The summed E-state index contributed by atoms with van der Waals surface area (Å²) in [6.07, 6.45) is 11.7. The van der Waals surface area contributed by atoms with Gasteiger partial charge in [-0.3, -0.25) is 0 Å². The Hall–Kier alpha value is 0.532. The van der Waals surface area contributed by atoms with E-state index in [0.29, 0.717) is 0 Å². The first-order valence-corrected chi connectivity index (χ1v) is 6.83. The highest BCUT2D eigenvalue weighted by molar-refractivity contribution is 6.08. The smallest absolute Gasteiger partial charge is 0.101 e. The van der Waals surface area contributed by atoms with Crippen LogP contribution in [0.25, 0.3) is 0 Å². The molecule has 0 fully saturated rings. The van der Waals surface area contributed by atoms with Gasteiger partial charge in [-0.2, -0.15) is 0 Å². The van der Waals surface area contributed by atoms with Crippen molar-refractivity contribution < 1.29 is 0 Å². The Kier molecular flexibility index (Phi) is 11.0. The van der Waals surface area contributed by atoms with Crippen LogP contribution in [0, 0.1) is 0 Å². The van der Waals surface area contributed by atoms with Crippen molar-refractivity contribution in [3.63, 3.8) is 0 Å². The van der Waals surface area contributed by atoms with Crippen LogP contribution < -0.4 is 0 Å². The molecule has 0 aliphatic heterocycles. The molecule has 0 aliphatic rings. The second kappa shape index (κ2) is 10.5. The first-order chi connectivity index (χ1) is 5.41. The highest BCUT2D eigenvalue weighted by atomic mass is 27.0. The van der Waals surface area contributed by atoms with Gasteiger partial charge in [0.25, 0.3) is 0 Å². The Morgan fingerprint density at radius 2 is 1.18 bits per heavy atom. The molecular weight excluding hydrogens is 147 g/mol. The molecule has 66 valence electrons. The predicted molar refractivity (Wildman–Crippen MR) is 56.0 cm³/mol. The molecule has 0 bridgehead atoms. The molecule has 0 N–H and O–H groups in total. The van der Waals surface area contributed by atoms with E-state index in [9.17, 15) is 0 Å². The second-order valence-corrected chi connectivity index (χ2v) is 4.47. The van der Waals surface area contributed by atoms with Crippen molar-refractivity contribution in [3.8, 4) is 0 Å². The molecule has 0 amide bonds. The van der Waals surface area contributed by atoms with Gasteiger partial charge in [0.2, 0.25) is 16.3 Å². The fourth-order valence-electron chi connectivity index (χ4n) is 1.38. The van der Waals surface area contributed by atoms with Crippen LogP contribution in [0.3, 0.4) is 0 Å². The summed E-state index contributed by atoms with van der Waals surface area (Å²) in [6.45, 7) is 2.28. The maximum absolute atomic E-state index is 2.28. The van der Waals surface area contributed by atoms with E-state index >= 15 is 0 Å². The lowest BCUT2D eigenvalue weighted by Crippen LogP contribution is -1.79. The lowest BCUT2D eigenvalue weighted by atomic mass is 10.1. The van der Waals surface area contributed by atoms with E-state index in [1.165, 1.54) is 72.9 Å². The highest BCUT2D eigenvalue weighted by Gasteiger charge is 1.89. The number of unbranched alkanes of at least 4 members (excludes halogenated alkanes) is 7. The molecule has 0 spiro atoms. The normalized spacial score (nSPS) is 10.3. The SMILES string of the molecule is CCCCCCCCC[CH2][AlH2]. The van der Waals surface area contributed by atoms with E-state index < -0.39 is 0 Å². The van der Waals surface area contributed by atoms with Gasteiger partial charge < -0.3 is 0 Å². The van der Waals surface area contributed by atoms with Crippen molar-refractivity contribution in [1.29, 1.82) is 0 Å². The molecule has 0 aromatic heterocycles. The lowest BCUT2D eigenvalue weighted by molar-refractivity contribution is 0.585. The minimum Gasteiger partial charge on any atom is -0.101 e. The third-order valence-corrected chi connectivity index (χ3v) is 2.91. The average molecular weight is 170 g/mol. The summed E-state index contributed by atoms with van der Waals surface area (Å²) in [7, 11) is 0. The van der Waals surface area contributed by atoms with Crippen LogP contribution in [0.2, 0.25) is 5.28 Å². The predicted octanol–water partition coefficient (Wildman–Crippen LogP) is 3.18. The molecule has 0 nitrogen and oxygen atoms in total. The molecule has 0 aliphatic carbocycles. The first kappa shape index (κ1) is 11.5. The molecule has 1 heteroatoms. The molecule has 0 atom stereocenters. The Morgan fingerprint density at radius 3 is 1.64 bits per heavy atom. The molecule has 0 saturated heterocycles. The van der Waals surface area contributed by atoms with Gasteiger partial charge in [-0.05, 0) is 0 Å². The fourth-order valence-corrected chi connectivity index (χ4v) is 1.88. The largest absolute Gasteiger partial charge is 0.211 e. The number of rotatable bonds is 8. The Bertz CT molecular complexity index is 53.9. The summed E-state index contributed by atoms with van der Waals surface area (Å²) in [5.41, 5.74) is 0. The van der Waals surface area contributed by atoms with Gasteiger partial charge in [-0.15, -0.1) is 5.28 Å². The van der Waals surface area contributed by atoms with Crippen molar-refractivity contribution in [3.05, 3.63) is 0 Å². The zero-order valence-corrected chi connectivity index (χ0v) is 10.4. The minimum atomic E-state index is 1.38. The van der Waals surface area contributed by atoms with Crippen molar-refractivity contribution in [2.75, 3.05) is 0 Å². The van der Waals surface area contributed by atoms with Crippen LogP contribution in [-0.2, 0) is 0 Å². The standard InChI is InChI=1S/C10H21.Al.2H/c1-3-5-7-9-10-8-6-4-2;;;/h1,3-10H2,2H3;;;. The molecule has 0 saturated carbocycles. The molecule has 11 heavy (non-hydrogen) atoms. The van der Waals surface area contributed by atoms with Crippen LogP contribution in [0.5, 0.6) is 0 Å². The first-order valence-electron chi connectivity index (χ1n) is 5.41. The van der Waals surface area contributed by atoms with Crippen LogP contribution in [-0.4, -0.2) is 16.3 Å². The van der Waals surface area contributed by atoms with E-state index in [1.54, 1.807) is 0 Å². The molecule has 0 radical (unpaired) electrons. The molecule has 0 rings (SSSR count). The van der Waals surface area contributed by atoms with Gasteiger partial charge in [0.1, 0.15) is 0 Å². The number of hydrogen-bond donors (Lipinski definition) is 0. The lowest BCUT2D eigenvalue weighted by Gasteiger charge is -1.99. The average Bonchev–Trinajstić information content (AvgIpc) is 2.03. The summed E-state index contributed by atoms with van der Waals surface area (Å²) in [4.78, 5) is 0. The molecule has 0 aromatic rings. The van der Waals surface area contributed by atoms with Crippen molar-refractivity contribution in [2.45, 2.75) is 63.6 Å². The van der Waals surface area contributed by atoms with Gasteiger partial charge in [0.15, 0.2) is 0 Å². The van der Waals surface area contributed by atoms with Crippen LogP contribution in [0.1, 0.15) is 58.3 Å². The minimum absolute atomic E-state index is 1.38. The maximum atomic E-state index is 2.28. The third kappa shape index (κ3) is 10.5. The van der Waals surface area contributed by atoms with Crippen LogP contribution >= 0.6 is 0 Å².